The summed E-state index contributed by atoms with van der Waals surface area (Å²) in [5, 5.41) is 0. The minimum atomic E-state index is -0.232. The third-order valence-corrected chi connectivity index (χ3v) is 6.58. The summed E-state index contributed by atoms with van der Waals surface area (Å²) >= 11 is 0. The van der Waals surface area contributed by atoms with E-state index < -0.39 is 0 Å². The van der Waals surface area contributed by atoms with Gasteiger partial charge in [0.15, 0.2) is 11.5 Å². The van der Waals surface area contributed by atoms with E-state index in [1.54, 1.807) is 24.0 Å². The molecule has 2 saturated heterocycles. The molecule has 7 nitrogen and oxygen atoms in total. The molecule has 32 heavy (non-hydrogen) atoms. The Hall–Kier alpha value is -3.06. The number of benzene rings is 2. The first-order valence-electron chi connectivity index (χ1n) is 11.0. The van der Waals surface area contributed by atoms with Gasteiger partial charge in [-0.3, -0.25) is 14.5 Å². The van der Waals surface area contributed by atoms with Gasteiger partial charge in [-0.25, -0.2) is 0 Å². The number of piperidine rings is 1. The van der Waals surface area contributed by atoms with Crippen molar-refractivity contribution >= 4 is 11.8 Å². The molecule has 2 amide bonds. The fraction of sp³-hybridized carbons (Fsp3) is 0.440. The van der Waals surface area contributed by atoms with Crippen LogP contribution in [0.25, 0.3) is 0 Å². The Labute approximate surface area is 189 Å². The summed E-state index contributed by atoms with van der Waals surface area (Å²) in [6, 6.07) is 15.7. The smallest absolute Gasteiger partial charge is 0.242 e. The lowest BCUT2D eigenvalue weighted by Gasteiger charge is -2.40. The first kappa shape index (κ1) is 22.1. The Morgan fingerprint density at radius 3 is 2.41 bits per heavy atom. The second-order valence-electron chi connectivity index (χ2n) is 8.57. The van der Waals surface area contributed by atoms with Crippen molar-refractivity contribution < 1.29 is 19.1 Å². The highest BCUT2D eigenvalue weighted by Gasteiger charge is 2.43. The number of amides is 2. The molecule has 0 spiro atoms. The molecule has 2 atom stereocenters. The molecule has 4 rings (SSSR count). The number of carbonyl (C=O) groups is 2. The molecule has 0 unspecified atom stereocenters. The van der Waals surface area contributed by atoms with E-state index in [0.717, 1.165) is 24.1 Å². The van der Waals surface area contributed by atoms with Gasteiger partial charge >= 0.3 is 0 Å². The maximum atomic E-state index is 13.5. The van der Waals surface area contributed by atoms with E-state index in [-0.39, 0.29) is 30.3 Å². The van der Waals surface area contributed by atoms with Gasteiger partial charge in [0.25, 0.3) is 0 Å². The van der Waals surface area contributed by atoms with Crippen molar-refractivity contribution in [2.45, 2.75) is 25.6 Å². The summed E-state index contributed by atoms with van der Waals surface area (Å²) in [6.07, 6.45) is 0.783. The molecule has 7 heteroatoms. The average molecular weight is 438 g/mol. The molecule has 2 aromatic rings. The average Bonchev–Trinajstić information content (AvgIpc) is 2.90. The predicted octanol–water partition coefficient (Wildman–Crippen LogP) is 2.40. The molecular formula is C25H31N3O4. The second-order valence-corrected chi connectivity index (χ2v) is 8.57. The van der Waals surface area contributed by atoms with E-state index in [9.17, 15) is 9.59 Å². The van der Waals surface area contributed by atoms with Crippen molar-refractivity contribution in [3.63, 3.8) is 0 Å². The van der Waals surface area contributed by atoms with E-state index in [2.05, 4.69) is 4.90 Å². The third kappa shape index (κ3) is 4.58. The lowest BCUT2D eigenvalue weighted by molar-refractivity contribution is -0.138. The molecule has 2 fully saturated rings. The van der Waals surface area contributed by atoms with Gasteiger partial charge in [0.1, 0.15) is 6.54 Å². The molecule has 170 valence electrons. The van der Waals surface area contributed by atoms with E-state index in [4.69, 9.17) is 9.47 Å². The SMILES string of the molecule is COc1ccc(CN2CC[C@@H]3[C@H](C2)C(=O)N(Cc2ccccc2)CC(=O)N3C)cc1OC. The van der Waals surface area contributed by atoms with Crippen LogP contribution in [-0.2, 0) is 22.7 Å². The summed E-state index contributed by atoms with van der Waals surface area (Å²) in [6.45, 7) is 2.76. The molecule has 0 aromatic heterocycles. The van der Waals surface area contributed by atoms with E-state index in [1.165, 1.54) is 0 Å². The fourth-order valence-corrected chi connectivity index (χ4v) is 4.80. The molecule has 0 aliphatic carbocycles. The minimum absolute atomic E-state index is 0.00937. The van der Waals surface area contributed by atoms with Crippen molar-refractivity contribution in [3.8, 4) is 11.5 Å². The van der Waals surface area contributed by atoms with Gasteiger partial charge in [-0.1, -0.05) is 36.4 Å². The van der Waals surface area contributed by atoms with Gasteiger partial charge < -0.3 is 19.3 Å². The summed E-state index contributed by atoms with van der Waals surface area (Å²) in [5.41, 5.74) is 2.14. The van der Waals surface area contributed by atoms with Crippen LogP contribution in [0.15, 0.2) is 48.5 Å². The number of carbonyl (C=O) groups excluding carboxylic acids is 2. The predicted molar refractivity (Wildman–Crippen MR) is 121 cm³/mol. The fourth-order valence-electron chi connectivity index (χ4n) is 4.80. The van der Waals surface area contributed by atoms with Crippen LogP contribution in [0.2, 0.25) is 0 Å². The molecule has 2 aliphatic rings. The molecular weight excluding hydrogens is 406 g/mol. The molecule has 0 saturated carbocycles. The van der Waals surface area contributed by atoms with Crippen molar-refractivity contribution in [1.82, 2.24) is 14.7 Å². The van der Waals surface area contributed by atoms with Crippen LogP contribution in [0.4, 0.5) is 0 Å². The highest BCUT2D eigenvalue weighted by atomic mass is 16.5. The van der Waals surface area contributed by atoms with Crippen molar-refractivity contribution in [2.24, 2.45) is 5.92 Å². The first-order chi connectivity index (χ1) is 15.5. The maximum Gasteiger partial charge on any atom is 0.242 e. The summed E-state index contributed by atoms with van der Waals surface area (Å²) < 4.78 is 10.8. The van der Waals surface area contributed by atoms with Crippen molar-refractivity contribution in [2.75, 3.05) is 40.9 Å². The topological polar surface area (TPSA) is 62.3 Å². The lowest BCUT2D eigenvalue weighted by Crippen LogP contribution is -2.53. The van der Waals surface area contributed by atoms with Gasteiger partial charge in [0, 0.05) is 39.3 Å². The molecule has 2 aromatic carbocycles. The summed E-state index contributed by atoms with van der Waals surface area (Å²) in [7, 11) is 5.09. The Morgan fingerprint density at radius 1 is 0.938 bits per heavy atom. The number of hydrogen-bond donors (Lipinski definition) is 0. The number of hydrogen-bond acceptors (Lipinski definition) is 5. The normalized spacial score (nSPS) is 21.8. The van der Waals surface area contributed by atoms with Gasteiger partial charge in [-0.2, -0.15) is 0 Å². The van der Waals surface area contributed by atoms with Crippen molar-refractivity contribution in [3.05, 3.63) is 59.7 Å². The van der Waals surface area contributed by atoms with Crippen LogP contribution >= 0.6 is 0 Å². The van der Waals surface area contributed by atoms with Crippen LogP contribution in [0.1, 0.15) is 17.5 Å². The van der Waals surface area contributed by atoms with Crippen LogP contribution < -0.4 is 9.47 Å². The monoisotopic (exact) mass is 437 g/mol. The Bertz CT molecular complexity index is 965. The number of fused-ring (bicyclic) bond motifs is 1. The minimum Gasteiger partial charge on any atom is -0.493 e. The van der Waals surface area contributed by atoms with Crippen molar-refractivity contribution in [1.29, 1.82) is 0 Å². The van der Waals surface area contributed by atoms with E-state index in [1.807, 2.05) is 55.6 Å². The highest BCUT2D eigenvalue weighted by Crippen LogP contribution is 2.31. The number of rotatable bonds is 6. The Kier molecular flexibility index (Phi) is 6.65. The molecule has 2 heterocycles. The zero-order valence-electron chi connectivity index (χ0n) is 19.0. The molecule has 0 N–H and O–H groups in total. The van der Waals surface area contributed by atoms with Gasteiger partial charge in [0.05, 0.1) is 20.1 Å². The number of likely N-dealkylation sites (tertiary alicyclic amines) is 1. The lowest BCUT2D eigenvalue weighted by atomic mass is 9.90. The molecule has 2 aliphatic heterocycles. The number of ether oxygens (including phenoxy) is 2. The van der Waals surface area contributed by atoms with Gasteiger partial charge in [-0.15, -0.1) is 0 Å². The quantitative estimate of drug-likeness (QED) is 0.695. The largest absolute Gasteiger partial charge is 0.493 e. The second kappa shape index (κ2) is 9.61. The van der Waals surface area contributed by atoms with E-state index >= 15 is 0 Å². The van der Waals surface area contributed by atoms with Crippen LogP contribution in [-0.4, -0.2) is 73.5 Å². The summed E-state index contributed by atoms with van der Waals surface area (Å²) in [5.74, 6) is 1.24. The standard InChI is InChI=1S/C25H31N3O4/c1-26-21-11-12-27(14-19-9-10-22(31-2)23(13-19)32-3)16-20(21)25(30)28(17-24(26)29)15-18-7-5-4-6-8-18/h4-10,13,20-21H,11-12,14-17H2,1-3H3/t20-,21+/m0/s1. The zero-order chi connectivity index (χ0) is 22.7. The van der Waals surface area contributed by atoms with Crippen LogP contribution in [0.3, 0.4) is 0 Å². The first-order valence-corrected chi connectivity index (χ1v) is 11.0. The van der Waals surface area contributed by atoms with Crippen LogP contribution in [0, 0.1) is 5.92 Å². The third-order valence-electron chi connectivity index (χ3n) is 6.58. The van der Waals surface area contributed by atoms with Gasteiger partial charge in [0.2, 0.25) is 11.8 Å². The molecule has 0 bridgehead atoms. The number of likely N-dealkylation sites (N-methyl/N-ethyl adjacent to an activating group) is 1. The zero-order valence-corrected chi connectivity index (χ0v) is 19.0. The number of methoxy groups -OCH3 is 2. The van der Waals surface area contributed by atoms with E-state index in [0.29, 0.717) is 31.1 Å². The van der Waals surface area contributed by atoms with Gasteiger partial charge in [-0.05, 0) is 29.7 Å². The Morgan fingerprint density at radius 2 is 1.69 bits per heavy atom. The van der Waals surface area contributed by atoms with Crippen LogP contribution in [0.5, 0.6) is 11.5 Å². The number of nitrogens with zero attached hydrogens (tertiary/aromatic N) is 3. The summed E-state index contributed by atoms with van der Waals surface area (Å²) in [4.78, 5) is 32.2. The maximum absolute atomic E-state index is 13.5. The highest BCUT2D eigenvalue weighted by molar-refractivity contribution is 5.89. The molecule has 0 radical (unpaired) electrons. The Balaban J connectivity index is 1.51.